The number of benzene rings is 11. The van der Waals surface area contributed by atoms with E-state index in [1.54, 1.807) is 0 Å². The van der Waals surface area contributed by atoms with Gasteiger partial charge < -0.3 is 9.47 Å². The third kappa shape index (κ3) is 6.44. The Morgan fingerprint density at radius 2 is 0.812 bits per heavy atom. The first-order valence-corrected chi connectivity index (χ1v) is 22.0. The summed E-state index contributed by atoms with van der Waals surface area (Å²) in [6, 6.07) is 92.8. The summed E-state index contributed by atoms with van der Waals surface area (Å²) in [5, 5.41) is 7.47. The molecule has 0 aliphatic heterocycles. The minimum atomic E-state index is 1.08. The summed E-state index contributed by atoms with van der Waals surface area (Å²) in [6.07, 6.45) is 0. The molecule has 0 amide bonds. The molecule has 1 aromatic heterocycles. The van der Waals surface area contributed by atoms with Crippen LogP contribution in [0.1, 0.15) is 0 Å². The normalized spacial score (nSPS) is 11.4. The van der Waals surface area contributed by atoms with Crippen molar-refractivity contribution in [3.8, 4) is 50.2 Å². The molecule has 12 rings (SSSR count). The molecule has 300 valence electrons. The lowest BCUT2D eigenvalue weighted by Gasteiger charge is -2.30. The zero-order chi connectivity index (χ0) is 42.4. The predicted molar refractivity (Wildman–Crippen MR) is 272 cm³/mol. The molecule has 0 unspecified atom stereocenters. The molecular formula is C62H42N2. The quantitative estimate of drug-likeness (QED) is 0.139. The first kappa shape index (κ1) is 37.3. The van der Waals surface area contributed by atoms with Crippen molar-refractivity contribution in [3.63, 3.8) is 0 Å². The van der Waals surface area contributed by atoms with Crippen LogP contribution in [0.2, 0.25) is 0 Å². The number of hydrogen-bond acceptors (Lipinski definition) is 1. The van der Waals surface area contributed by atoms with Crippen LogP contribution in [-0.2, 0) is 0 Å². The van der Waals surface area contributed by atoms with Gasteiger partial charge in [0, 0.05) is 33.4 Å². The Kier molecular flexibility index (Phi) is 9.20. The number of fused-ring (bicyclic) bond motifs is 6. The van der Waals surface area contributed by atoms with E-state index in [1.807, 2.05) is 0 Å². The van der Waals surface area contributed by atoms with Gasteiger partial charge in [-0.25, -0.2) is 0 Å². The van der Waals surface area contributed by atoms with Crippen LogP contribution in [0.4, 0.5) is 17.1 Å². The summed E-state index contributed by atoms with van der Waals surface area (Å²) in [5.41, 5.74) is 16.2. The lowest BCUT2D eigenvalue weighted by atomic mass is 9.87. The molecule has 0 aliphatic rings. The number of para-hydroxylation sites is 2. The lowest BCUT2D eigenvalue weighted by Crippen LogP contribution is -2.12. The van der Waals surface area contributed by atoms with Gasteiger partial charge in [0.15, 0.2) is 0 Å². The molecule has 0 atom stereocenters. The number of hydrogen-bond donors (Lipinski definition) is 0. The predicted octanol–water partition coefficient (Wildman–Crippen LogP) is 17.2. The van der Waals surface area contributed by atoms with Crippen molar-refractivity contribution < 1.29 is 0 Å². The Labute approximate surface area is 373 Å². The first-order valence-electron chi connectivity index (χ1n) is 22.0. The molecule has 0 spiro atoms. The second-order valence-electron chi connectivity index (χ2n) is 16.5. The van der Waals surface area contributed by atoms with E-state index in [0.717, 1.165) is 28.3 Å². The second kappa shape index (κ2) is 15.8. The summed E-state index contributed by atoms with van der Waals surface area (Å²) < 4.78 is 2.39. The van der Waals surface area contributed by atoms with Gasteiger partial charge in [0.1, 0.15) is 0 Å². The van der Waals surface area contributed by atoms with Crippen molar-refractivity contribution >= 4 is 60.4 Å². The molecule has 0 fully saturated rings. The standard InChI is InChI=1S/C62H42N2/c1-3-17-44(18-4-1)53-25-9-10-28-58(53)62-55(45-19-5-2-6-20-45)29-16-32-61(62)63(51-39-40-54-48(42-51)34-33-46-21-7-8-24-52(46)54)49-37-35-43(36-38-49)47-22-15-23-50(41-47)64-59-30-13-11-26-56(59)57-27-12-14-31-60(57)64/h1-42H. The monoisotopic (exact) mass is 814 g/mol. The largest absolute Gasteiger partial charge is 0.310 e. The fraction of sp³-hybridized carbons (Fsp3) is 0. The molecule has 0 saturated heterocycles. The zero-order valence-electron chi connectivity index (χ0n) is 35.1. The molecule has 64 heavy (non-hydrogen) atoms. The average molecular weight is 815 g/mol. The van der Waals surface area contributed by atoms with E-state index in [9.17, 15) is 0 Å². The highest BCUT2D eigenvalue weighted by molar-refractivity contribution is 6.10. The van der Waals surface area contributed by atoms with Gasteiger partial charge in [-0.2, -0.15) is 0 Å². The summed E-state index contributed by atoms with van der Waals surface area (Å²) in [6.45, 7) is 0. The Morgan fingerprint density at radius 3 is 1.55 bits per heavy atom. The molecular weight excluding hydrogens is 773 g/mol. The summed E-state index contributed by atoms with van der Waals surface area (Å²) >= 11 is 0. The van der Waals surface area contributed by atoms with E-state index < -0.39 is 0 Å². The fourth-order valence-corrected chi connectivity index (χ4v) is 9.83. The summed E-state index contributed by atoms with van der Waals surface area (Å²) in [5.74, 6) is 0. The van der Waals surface area contributed by atoms with Gasteiger partial charge in [-0.1, -0.05) is 200 Å². The van der Waals surface area contributed by atoms with Gasteiger partial charge in [0.05, 0.1) is 16.7 Å². The highest BCUT2D eigenvalue weighted by Gasteiger charge is 2.23. The minimum Gasteiger partial charge on any atom is -0.310 e. The van der Waals surface area contributed by atoms with Crippen LogP contribution in [0.15, 0.2) is 255 Å². The second-order valence-corrected chi connectivity index (χ2v) is 16.5. The number of aromatic nitrogens is 1. The highest BCUT2D eigenvalue weighted by Crippen LogP contribution is 2.49. The molecule has 1 heterocycles. The van der Waals surface area contributed by atoms with Crippen molar-refractivity contribution in [2.45, 2.75) is 0 Å². The van der Waals surface area contributed by atoms with Crippen molar-refractivity contribution in [1.82, 2.24) is 4.57 Å². The zero-order valence-corrected chi connectivity index (χ0v) is 35.1. The van der Waals surface area contributed by atoms with E-state index in [2.05, 4.69) is 264 Å². The van der Waals surface area contributed by atoms with Gasteiger partial charge >= 0.3 is 0 Å². The molecule has 2 heteroatoms. The van der Waals surface area contributed by atoms with E-state index in [0.29, 0.717) is 0 Å². The van der Waals surface area contributed by atoms with Gasteiger partial charge in [-0.15, -0.1) is 0 Å². The molecule has 2 nitrogen and oxygen atoms in total. The number of nitrogens with zero attached hydrogens (tertiary/aromatic N) is 2. The third-order valence-corrected chi connectivity index (χ3v) is 12.8. The van der Waals surface area contributed by atoms with E-state index in [-0.39, 0.29) is 0 Å². The first-order chi connectivity index (χ1) is 31.8. The maximum atomic E-state index is 2.45. The Bertz CT molecular complexity index is 3610. The molecule has 12 aromatic rings. The topological polar surface area (TPSA) is 8.17 Å². The van der Waals surface area contributed by atoms with E-state index >= 15 is 0 Å². The van der Waals surface area contributed by atoms with Crippen LogP contribution in [0.25, 0.3) is 93.5 Å². The van der Waals surface area contributed by atoms with Gasteiger partial charge in [-0.05, 0) is 115 Å². The van der Waals surface area contributed by atoms with Crippen molar-refractivity contribution in [1.29, 1.82) is 0 Å². The van der Waals surface area contributed by atoms with Crippen LogP contribution >= 0.6 is 0 Å². The maximum absolute atomic E-state index is 2.45. The molecule has 0 aliphatic carbocycles. The number of rotatable bonds is 8. The minimum absolute atomic E-state index is 1.08. The Morgan fingerprint density at radius 1 is 0.281 bits per heavy atom. The van der Waals surface area contributed by atoms with Crippen LogP contribution < -0.4 is 4.90 Å². The highest BCUT2D eigenvalue weighted by atomic mass is 15.1. The Balaban J connectivity index is 1.05. The molecule has 0 radical (unpaired) electrons. The summed E-state index contributed by atoms with van der Waals surface area (Å²) in [4.78, 5) is 2.45. The summed E-state index contributed by atoms with van der Waals surface area (Å²) in [7, 11) is 0. The number of anilines is 3. The van der Waals surface area contributed by atoms with Crippen molar-refractivity contribution in [3.05, 3.63) is 255 Å². The average Bonchev–Trinajstić information content (AvgIpc) is 3.71. The smallest absolute Gasteiger partial charge is 0.0546 e. The molecule has 0 saturated carbocycles. The fourth-order valence-electron chi connectivity index (χ4n) is 9.83. The van der Waals surface area contributed by atoms with Gasteiger partial charge in [-0.3, -0.25) is 0 Å². The maximum Gasteiger partial charge on any atom is 0.0546 e. The SMILES string of the molecule is c1ccc(-c2ccccc2-c2c(-c3ccccc3)cccc2N(c2ccc(-c3cccc(-n4c5ccccc5c5ccccc54)c3)cc2)c2ccc3c(ccc4ccccc43)c2)cc1. The van der Waals surface area contributed by atoms with E-state index in [1.165, 1.54) is 82.3 Å². The lowest BCUT2D eigenvalue weighted by molar-refractivity contribution is 1.18. The van der Waals surface area contributed by atoms with Crippen molar-refractivity contribution in [2.75, 3.05) is 4.90 Å². The van der Waals surface area contributed by atoms with E-state index in [4.69, 9.17) is 0 Å². The molecule has 0 N–H and O–H groups in total. The van der Waals surface area contributed by atoms with Crippen LogP contribution in [0.5, 0.6) is 0 Å². The third-order valence-electron chi connectivity index (χ3n) is 12.8. The molecule has 0 bridgehead atoms. The van der Waals surface area contributed by atoms with Crippen molar-refractivity contribution in [2.24, 2.45) is 0 Å². The van der Waals surface area contributed by atoms with Gasteiger partial charge in [0.2, 0.25) is 0 Å². The molecule has 11 aromatic carbocycles. The van der Waals surface area contributed by atoms with Crippen LogP contribution in [0.3, 0.4) is 0 Å². The Hall–Kier alpha value is -8.46. The van der Waals surface area contributed by atoms with Gasteiger partial charge in [0.25, 0.3) is 0 Å². The van der Waals surface area contributed by atoms with Crippen LogP contribution in [-0.4, -0.2) is 4.57 Å². The van der Waals surface area contributed by atoms with Crippen LogP contribution in [0, 0.1) is 0 Å².